The van der Waals surface area contributed by atoms with Crippen molar-refractivity contribution in [1.29, 1.82) is 0 Å². The Labute approximate surface area is 103 Å². The molecule has 1 N–H and O–H groups in total. The average Bonchev–Trinajstić information content (AvgIpc) is 2.65. The molecule has 0 aromatic carbocycles. The van der Waals surface area contributed by atoms with Gasteiger partial charge in [0, 0.05) is 13.7 Å². The fourth-order valence-electron chi connectivity index (χ4n) is 1.35. The van der Waals surface area contributed by atoms with Gasteiger partial charge in [-0.3, -0.25) is 0 Å². The molecule has 98 valence electrons. The predicted molar refractivity (Wildman–Crippen MR) is 65.0 cm³/mol. The van der Waals surface area contributed by atoms with Crippen LogP contribution in [-0.4, -0.2) is 31.3 Å². The quantitative estimate of drug-likeness (QED) is 0.753. The van der Waals surface area contributed by atoms with Gasteiger partial charge in [0.15, 0.2) is 0 Å². The summed E-state index contributed by atoms with van der Waals surface area (Å²) in [4.78, 5) is 4.22. The van der Waals surface area contributed by atoms with Gasteiger partial charge in [-0.05, 0) is 19.4 Å². The summed E-state index contributed by atoms with van der Waals surface area (Å²) in [5.41, 5.74) is 0.852. The Bertz CT molecular complexity index is 312. The Morgan fingerprint density at radius 1 is 1.41 bits per heavy atom. The van der Waals surface area contributed by atoms with E-state index in [1.54, 1.807) is 13.4 Å². The summed E-state index contributed by atoms with van der Waals surface area (Å²) in [5, 5.41) is 3.29. The minimum atomic E-state index is -0.0601. The van der Waals surface area contributed by atoms with Crippen molar-refractivity contribution < 1.29 is 13.9 Å². The Morgan fingerprint density at radius 3 is 2.82 bits per heavy atom. The predicted octanol–water partition coefficient (Wildman–Crippen LogP) is 1.83. The van der Waals surface area contributed by atoms with Gasteiger partial charge in [0.05, 0.1) is 12.3 Å². The SMILES string of the molecule is COCC(C)Oc1nc(CNCC(C)C)co1. The fraction of sp³-hybridized carbons (Fsp3) is 0.750. The molecule has 1 atom stereocenters. The minimum Gasteiger partial charge on any atom is -0.445 e. The summed E-state index contributed by atoms with van der Waals surface area (Å²) in [6.07, 6.45) is 1.85. The highest BCUT2D eigenvalue weighted by atomic mass is 16.6. The number of nitrogens with one attached hydrogen (secondary N) is 1. The Kier molecular flexibility index (Phi) is 6.00. The standard InChI is InChI=1S/C12H22N2O3/c1-9(2)5-13-6-11-8-16-12(14-11)17-10(3)7-15-4/h8-10,13H,5-7H2,1-4H3. The normalized spacial score (nSPS) is 13.0. The number of rotatable bonds is 8. The lowest BCUT2D eigenvalue weighted by atomic mass is 10.2. The Balaban J connectivity index is 2.32. The molecule has 0 aliphatic carbocycles. The van der Waals surface area contributed by atoms with Crippen molar-refractivity contribution in [3.63, 3.8) is 0 Å². The zero-order valence-corrected chi connectivity index (χ0v) is 11.0. The number of methoxy groups -OCH3 is 1. The van der Waals surface area contributed by atoms with Crippen LogP contribution < -0.4 is 10.1 Å². The first-order valence-electron chi connectivity index (χ1n) is 5.92. The molecule has 0 amide bonds. The lowest BCUT2D eigenvalue weighted by Gasteiger charge is -2.09. The van der Waals surface area contributed by atoms with E-state index in [4.69, 9.17) is 13.9 Å². The van der Waals surface area contributed by atoms with Gasteiger partial charge >= 0.3 is 6.08 Å². The monoisotopic (exact) mass is 242 g/mol. The van der Waals surface area contributed by atoms with Crippen LogP contribution in [0.5, 0.6) is 6.08 Å². The van der Waals surface area contributed by atoms with Gasteiger partial charge in [-0.25, -0.2) is 0 Å². The van der Waals surface area contributed by atoms with E-state index < -0.39 is 0 Å². The second kappa shape index (κ2) is 7.29. The molecule has 1 rings (SSSR count). The molecule has 0 bridgehead atoms. The maximum absolute atomic E-state index is 5.43. The highest BCUT2D eigenvalue weighted by Crippen LogP contribution is 2.12. The molecule has 5 heteroatoms. The number of hydrogen-bond acceptors (Lipinski definition) is 5. The van der Waals surface area contributed by atoms with Crippen molar-refractivity contribution in [3.05, 3.63) is 12.0 Å². The van der Waals surface area contributed by atoms with Crippen LogP contribution in [0.3, 0.4) is 0 Å². The summed E-state index contributed by atoms with van der Waals surface area (Å²) in [5.74, 6) is 0.624. The van der Waals surface area contributed by atoms with E-state index >= 15 is 0 Å². The minimum absolute atomic E-state index is 0.0601. The van der Waals surface area contributed by atoms with Crippen LogP contribution in [0.1, 0.15) is 26.5 Å². The van der Waals surface area contributed by atoms with Crippen LogP contribution in [0.25, 0.3) is 0 Å². The summed E-state index contributed by atoms with van der Waals surface area (Å²) < 4.78 is 15.6. The molecule has 0 fully saturated rings. The van der Waals surface area contributed by atoms with Crippen molar-refractivity contribution in [1.82, 2.24) is 10.3 Å². The highest BCUT2D eigenvalue weighted by molar-refractivity contribution is 4.99. The third kappa shape index (κ3) is 5.70. The molecule has 17 heavy (non-hydrogen) atoms. The van der Waals surface area contributed by atoms with Crippen LogP contribution in [0, 0.1) is 5.92 Å². The maximum atomic E-state index is 5.43. The lowest BCUT2D eigenvalue weighted by molar-refractivity contribution is 0.0705. The molecule has 1 heterocycles. The van der Waals surface area contributed by atoms with Gasteiger partial charge in [-0.15, -0.1) is 0 Å². The maximum Gasteiger partial charge on any atom is 0.394 e. The van der Waals surface area contributed by atoms with Crippen molar-refractivity contribution in [2.24, 2.45) is 5.92 Å². The lowest BCUT2D eigenvalue weighted by Crippen LogP contribution is -2.19. The Morgan fingerprint density at radius 2 is 2.18 bits per heavy atom. The van der Waals surface area contributed by atoms with Crippen molar-refractivity contribution in [2.75, 3.05) is 20.3 Å². The third-order valence-electron chi connectivity index (χ3n) is 2.09. The van der Waals surface area contributed by atoms with E-state index in [-0.39, 0.29) is 6.10 Å². The zero-order valence-electron chi connectivity index (χ0n) is 11.0. The second-order valence-corrected chi connectivity index (χ2v) is 4.51. The fourth-order valence-corrected chi connectivity index (χ4v) is 1.35. The van der Waals surface area contributed by atoms with E-state index in [2.05, 4.69) is 24.1 Å². The molecule has 1 aromatic rings. The molecule has 0 aliphatic heterocycles. The molecule has 0 aliphatic rings. The van der Waals surface area contributed by atoms with Crippen molar-refractivity contribution in [2.45, 2.75) is 33.4 Å². The summed E-state index contributed by atoms with van der Waals surface area (Å²) in [6, 6.07) is 0. The topological polar surface area (TPSA) is 56.5 Å². The average molecular weight is 242 g/mol. The summed E-state index contributed by atoms with van der Waals surface area (Å²) in [6.45, 7) is 8.41. The van der Waals surface area contributed by atoms with E-state index in [0.717, 1.165) is 12.2 Å². The molecule has 5 nitrogen and oxygen atoms in total. The van der Waals surface area contributed by atoms with E-state index in [1.807, 2.05) is 6.92 Å². The molecule has 0 saturated heterocycles. The number of ether oxygens (including phenoxy) is 2. The van der Waals surface area contributed by atoms with Gasteiger partial charge in [0.25, 0.3) is 0 Å². The summed E-state index contributed by atoms with van der Waals surface area (Å²) in [7, 11) is 1.64. The van der Waals surface area contributed by atoms with Gasteiger partial charge in [0.2, 0.25) is 0 Å². The van der Waals surface area contributed by atoms with E-state index in [0.29, 0.717) is 25.1 Å². The van der Waals surface area contributed by atoms with Gasteiger partial charge < -0.3 is 19.2 Å². The first-order chi connectivity index (χ1) is 8.11. The number of nitrogens with zero attached hydrogens (tertiary/aromatic N) is 1. The van der Waals surface area contributed by atoms with E-state index in [9.17, 15) is 0 Å². The van der Waals surface area contributed by atoms with Gasteiger partial charge in [-0.2, -0.15) is 4.98 Å². The highest BCUT2D eigenvalue weighted by Gasteiger charge is 2.09. The molecule has 1 aromatic heterocycles. The van der Waals surface area contributed by atoms with Crippen LogP contribution in [-0.2, 0) is 11.3 Å². The number of aromatic nitrogens is 1. The largest absolute Gasteiger partial charge is 0.445 e. The summed E-state index contributed by atoms with van der Waals surface area (Å²) >= 11 is 0. The van der Waals surface area contributed by atoms with E-state index in [1.165, 1.54) is 0 Å². The van der Waals surface area contributed by atoms with Crippen molar-refractivity contribution in [3.8, 4) is 6.08 Å². The molecule has 0 spiro atoms. The Hall–Kier alpha value is -1.07. The van der Waals surface area contributed by atoms with Gasteiger partial charge in [0.1, 0.15) is 12.4 Å². The van der Waals surface area contributed by atoms with Crippen LogP contribution in [0.2, 0.25) is 0 Å². The third-order valence-corrected chi connectivity index (χ3v) is 2.09. The molecular weight excluding hydrogens is 220 g/mol. The molecular formula is C12H22N2O3. The molecule has 0 saturated carbocycles. The smallest absolute Gasteiger partial charge is 0.394 e. The first kappa shape index (κ1) is 14.0. The van der Waals surface area contributed by atoms with Crippen LogP contribution in [0.15, 0.2) is 10.7 Å². The molecule has 0 radical (unpaired) electrons. The molecule has 1 unspecified atom stereocenters. The second-order valence-electron chi connectivity index (χ2n) is 4.51. The number of oxazole rings is 1. The van der Waals surface area contributed by atoms with Gasteiger partial charge in [-0.1, -0.05) is 13.8 Å². The van der Waals surface area contributed by atoms with Crippen molar-refractivity contribution >= 4 is 0 Å². The zero-order chi connectivity index (χ0) is 12.7. The first-order valence-corrected chi connectivity index (χ1v) is 5.92. The number of hydrogen-bond donors (Lipinski definition) is 1. The van der Waals surface area contributed by atoms with Crippen LogP contribution >= 0.6 is 0 Å². The van der Waals surface area contributed by atoms with Crippen LogP contribution in [0.4, 0.5) is 0 Å².